The predicted molar refractivity (Wildman–Crippen MR) is 81.2 cm³/mol. The molecule has 0 amide bonds. The van der Waals surface area contributed by atoms with Crippen LogP contribution in [0.3, 0.4) is 0 Å². The summed E-state index contributed by atoms with van der Waals surface area (Å²) in [7, 11) is 0. The van der Waals surface area contributed by atoms with Gasteiger partial charge in [-0.15, -0.1) is 10.2 Å². The molecule has 0 aliphatic carbocycles. The molecule has 1 aliphatic rings. The Kier molecular flexibility index (Phi) is 4.41. The van der Waals surface area contributed by atoms with Crippen LogP contribution in [-0.2, 0) is 18.7 Å². The molecule has 1 aromatic carbocycles. The normalized spacial score (nSPS) is 14.9. The van der Waals surface area contributed by atoms with E-state index in [9.17, 15) is 4.39 Å². The molecule has 3 rings (SSSR count). The molecule has 0 N–H and O–H groups in total. The molecule has 0 saturated heterocycles. The van der Waals surface area contributed by atoms with Gasteiger partial charge in [-0.1, -0.05) is 24.2 Å². The lowest BCUT2D eigenvalue weighted by molar-refractivity contribution is 0.591. The van der Waals surface area contributed by atoms with Crippen molar-refractivity contribution in [3.63, 3.8) is 0 Å². The molecule has 6 heteroatoms. The number of rotatable bonds is 3. The number of hydrogen-bond donors (Lipinski definition) is 0. The van der Waals surface area contributed by atoms with E-state index in [0.29, 0.717) is 4.47 Å². The monoisotopic (exact) mass is 355 g/mol. The Bertz CT molecular complexity index is 614. The summed E-state index contributed by atoms with van der Waals surface area (Å²) in [6.07, 6.45) is 4.68. The average molecular weight is 356 g/mol. The number of aromatic nitrogens is 3. The van der Waals surface area contributed by atoms with E-state index in [2.05, 4.69) is 30.7 Å². The molecule has 0 spiro atoms. The molecule has 106 valence electrons. The molecule has 2 aromatic rings. The van der Waals surface area contributed by atoms with E-state index in [4.69, 9.17) is 0 Å². The van der Waals surface area contributed by atoms with Gasteiger partial charge in [-0.25, -0.2) is 4.39 Å². The molecular weight excluding hydrogens is 341 g/mol. The second-order valence-electron chi connectivity index (χ2n) is 4.90. The fourth-order valence-corrected chi connectivity index (χ4v) is 3.69. The summed E-state index contributed by atoms with van der Waals surface area (Å²) >= 11 is 4.88. The maximum absolute atomic E-state index is 13.2. The smallest absolute Gasteiger partial charge is 0.191 e. The first kappa shape index (κ1) is 14.1. The second-order valence-corrected chi connectivity index (χ2v) is 6.70. The summed E-state index contributed by atoms with van der Waals surface area (Å²) in [5.41, 5.74) is 1.08. The minimum Gasteiger partial charge on any atom is -0.306 e. The van der Waals surface area contributed by atoms with Crippen molar-refractivity contribution in [2.24, 2.45) is 0 Å². The summed E-state index contributed by atoms with van der Waals surface area (Å²) in [5, 5.41) is 9.54. The van der Waals surface area contributed by atoms with Crippen LogP contribution < -0.4 is 0 Å². The summed E-state index contributed by atoms with van der Waals surface area (Å²) in [5.74, 6) is 1.65. The Balaban J connectivity index is 1.72. The fourth-order valence-electron chi connectivity index (χ4n) is 2.34. The van der Waals surface area contributed by atoms with Crippen LogP contribution in [0, 0.1) is 5.82 Å². The zero-order valence-electron chi connectivity index (χ0n) is 11.0. The van der Waals surface area contributed by atoms with Crippen molar-refractivity contribution in [1.82, 2.24) is 14.8 Å². The fraction of sp³-hybridized carbons (Fsp3) is 0.429. The molecule has 0 atom stereocenters. The van der Waals surface area contributed by atoms with E-state index in [0.717, 1.165) is 35.3 Å². The Morgan fingerprint density at radius 1 is 1.25 bits per heavy atom. The largest absolute Gasteiger partial charge is 0.306 e. The standard InChI is InChI=1S/C14H15BrFN3S/c15-11-8-10(5-6-12(11)16)9-20-14-18-17-13-4-2-1-3-7-19(13)14/h5-6,8H,1-4,7,9H2. The van der Waals surface area contributed by atoms with Crippen molar-refractivity contribution in [3.8, 4) is 0 Å². The van der Waals surface area contributed by atoms with Crippen LogP contribution in [0.2, 0.25) is 0 Å². The third-order valence-electron chi connectivity index (χ3n) is 3.43. The minimum absolute atomic E-state index is 0.227. The highest BCUT2D eigenvalue weighted by atomic mass is 79.9. The topological polar surface area (TPSA) is 30.7 Å². The van der Waals surface area contributed by atoms with E-state index in [-0.39, 0.29) is 5.82 Å². The van der Waals surface area contributed by atoms with Crippen molar-refractivity contribution in [3.05, 3.63) is 39.9 Å². The number of benzene rings is 1. The third kappa shape index (κ3) is 3.06. The van der Waals surface area contributed by atoms with Crippen molar-refractivity contribution in [1.29, 1.82) is 0 Å². The van der Waals surface area contributed by atoms with Crippen LogP contribution in [0.25, 0.3) is 0 Å². The zero-order valence-corrected chi connectivity index (χ0v) is 13.4. The van der Waals surface area contributed by atoms with Gasteiger partial charge in [0.1, 0.15) is 11.6 Å². The Morgan fingerprint density at radius 2 is 2.15 bits per heavy atom. The lowest BCUT2D eigenvalue weighted by atomic mass is 10.2. The second kappa shape index (κ2) is 6.26. The SMILES string of the molecule is Fc1ccc(CSc2nnc3n2CCCCC3)cc1Br. The van der Waals surface area contributed by atoms with Crippen molar-refractivity contribution < 1.29 is 4.39 Å². The van der Waals surface area contributed by atoms with Crippen LogP contribution in [0.5, 0.6) is 0 Å². The number of nitrogens with zero attached hydrogens (tertiary/aromatic N) is 3. The van der Waals surface area contributed by atoms with Gasteiger partial charge in [0, 0.05) is 18.7 Å². The first-order chi connectivity index (χ1) is 9.74. The van der Waals surface area contributed by atoms with E-state index in [1.807, 2.05) is 12.1 Å². The van der Waals surface area contributed by atoms with Gasteiger partial charge in [0.25, 0.3) is 0 Å². The summed E-state index contributed by atoms with van der Waals surface area (Å²) < 4.78 is 15.9. The number of halogens is 2. The van der Waals surface area contributed by atoms with Crippen molar-refractivity contribution >= 4 is 27.7 Å². The lowest BCUT2D eigenvalue weighted by Gasteiger charge is -2.06. The number of aryl methyl sites for hydroxylation is 1. The zero-order chi connectivity index (χ0) is 13.9. The average Bonchev–Trinajstić information content (AvgIpc) is 2.68. The van der Waals surface area contributed by atoms with Crippen molar-refractivity contribution in [2.75, 3.05) is 0 Å². The van der Waals surface area contributed by atoms with E-state index < -0.39 is 0 Å². The van der Waals surface area contributed by atoms with Gasteiger partial charge in [0.2, 0.25) is 0 Å². The van der Waals surface area contributed by atoms with E-state index in [1.54, 1.807) is 11.8 Å². The minimum atomic E-state index is -0.227. The van der Waals surface area contributed by atoms with Crippen LogP contribution in [0.1, 0.15) is 30.7 Å². The summed E-state index contributed by atoms with van der Waals surface area (Å²) in [4.78, 5) is 0. The highest BCUT2D eigenvalue weighted by Crippen LogP contribution is 2.26. The quantitative estimate of drug-likeness (QED) is 0.773. The van der Waals surface area contributed by atoms with Gasteiger partial charge < -0.3 is 4.57 Å². The molecule has 3 nitrogen and oxygen atoms in total. The van der Waals surface area contributed by atoms with Gasteiger partial charge in [0.15, 0.2) is 5.16 Å². The highest BCUT2D eigenvalue weighted by Gasteiger charge is 2.15. The van der Waals surface area contributed by atoms with Gasteiger partial charge in [-0.3, -0.25) is 0 Å². The van der Waals surface area contributed by atoms with Gasteiger partial charge in [-0.05, 0) is 46.5 Å². The summed E-state index contributed by atoms with van der Waals surface area (Å²) in [6, 6.07) is 5.12. The van der Waals surface area contributed by atoms with Crippen LogP contribution in [-0.4, -0.2) is 14.8 Å². The van der Waals surface area contributed by atoms with Crippen LogP contribution in [0.4, 0.5) is 4.39 Å². The first-order valence-electron chi connectivity index (χ1n) is 6.73. The van der Waals surface area contributed by atoms with Crippen molar-refractivity contribution in [2.45, 2.75) is 43.1 Å². The molecule has 1 aromatic heterocycles. The molecule has 0 bridgehead atoms. The third-order valence-corrected chi connectivity index (χ3v) is 5.07. The molecular formula is C14H15BrFN3S. The Hall–Kier alpha value is -0.880. The molecule has 0 saturated carbocycles. The Morgan fingerprint density at radius 3 is 3.00 bits per heavy atom. The number of hydrogen-bond acceptors (Lipinski definition) is 3. The number of thioether (sulfide) groups is 1. The molecule has 0 fully saturated rings. The lowest BCUT2D eigenvalue weighted by Crippen LogP contribution is -2.02. The van der Waals surface area contributed by atoms with Crippen LogP contribution in [0.15, 0.2) is 27.8 Å². The molecule has 20 heavy (non-hydrogen) atoms. The molecule has 0 radical (unpaired) electrons. The maximum Gasteiger partial charge on any atom is 0.191 e. The Labute approximate surface area is 130 Å². The highest BCUT2D eigenvalue weighted by molar-refractivity contribution is 9.10. The number of fused-ring (bicyclic) bond motifs is 1. The molecule has 0 unspecified atom stereocenters. The van der Waals surface area contributed by atoms with Gasteiger partial charge in [-0.2, -0.15) is 0 Å². The summed E-state index contributed by atoms with van der Waals surface area (Å²) in [6.45, 7) is 1.01. The van der Waals surface area contributed by atoms with Gasteiger partial charge >= 0.3 is 0 Å². The maximum atomic E-state index is 13.2. The van der Waals surface area contributed by atoms with Gasteiger partial charge in [0.05, 0.1) is 4.47 Å². The first-order valence-corrected chi connectivity index (χ1v) is 8.51. The van der Waals surface area contributed by atoms with E-state index in [1.165, 1.54) is 25.3 Å². The van der Waals surface area contributed by atoms with Crippen LogP contribution >= 0.6 is 27.7 Å². The van der Waals surface area contributed by atoms with E-state index >= 15 is 0 Å². The molecule has 1 aliphatic heterocycles. The molecule has 2 heterocycles. The predicted octanol–water partition coefficient (Wildman–Crippen LogP) is 4.20.